The van der Waals surface area contributed by atoms with Gasteiger partial charge in [0.05, 0.1) is 19.7 Å². The Hall–Kier alpha value is -2.08. The third-order valence-corrected chi connectivity index (χ3v) is 2.97. The summed E-state index contributed by atoms with van der Waals surface area (Å²) in [5.41, 5.74) is 1.11. The second kappa shape index (κ2) is 9.78. The van der Waals surface area contributed by atoms with Gasteiger partial charge in [0.2, 0.25) is 5.91 Å². The lowest BCUT2D eigenvalue weighted by Crippen LogP contribution is -2.47. The Morgan fingerprint density at radius 1 is 1.32 bits per heavy atom. The molecule has 2 N–H and O–H groups in total. The highest BCUT2D eigenvalue weighted by Gasteiger charge is 2.08. The van der Waals surface area contributed by atoms with E-state index in [0.717, 1.165) is 5.56 Å². The minimum Gasteiger partial charge on any atom is -0.383 e. The fourth-order valence-corrected chi connectivity index (χ4v) is 1.75. The van der Waals surface area contributed by atoms with Gasteiger partial charge in [0.1, 0.15) is 0 Å². The fraction of sp³-hybridized carbons (Fsp3) is 0.500. The lowest BCUT2D eigenvalue weighted by molar-refractivity contribution is -0.127. The summed E-state index contributed by atoms with van der Waals surface area (Å²) in [6.07, 6.45) is 0. The van der Waals surface area contributed by atoms with E-state index in [2.05, 4.69) is 15.6 Å². The van der Waals surface area contributed by atoms with Crippen molar-refractivity contribution in [2.24, 2.45) is 4.99 Å². The molecule has 0 saturated carbocycles. The molecule has 6 heteroatoms. The molecule has 0 bridgehead atoms. The molecule has 1 rings (SSSR count). The van der Waals surface area contributed by atoms with E-state index in [0.29, 0.717) is 19.1 Å². The number of aliphatic imine (C=N–C) groups is 1. The average Bonchev–Trinajstić information content (AvgIpc) is 2.50. The smallest absolute Gasteiger partial charge is 0.241 e. The van der Waals surface area contributed by atoms with Crippen molar-refractivity contribution in [3.63, 3.8) is 0 Å². The maximum atomic E-state index is 11.7. The van der Waals surface area contributed by atoms with Crippen LogP contribution in [0.4, 0.5) is 0 Å². The zero-order chi connectivity index (χ0) is 16.4. The number of amides is 1. The number of nitrogens with one attached hydrogen (secondary N) is 2. The van der Waals surface area contributed by atoms with Crippen LogP contribution >= 0.6 is 0 Å². The molecule has 0 spiro atoms. The van der Waals surface area contributed by atoms with Gasteiger partial charge in [0, 0.05) is 27.2 Å². The van der Waals surface area contributed by atoms with Crippen LogP contribution in [0.5, 0.6) is 0 Å². The number of likely N-dealkylation sites (N-methyl/N-ethyl adjacent to an activating group) is 1. The van der Waals surface area contributed by atoms with Crippen LogP contribution in [-0.2, 0) is 16.1 Å². The Kier molecular flexibility index (Phi) is 7.99. The first kappa shape index (κ1) is 18.0. The minimum atomic E-state index is -0.00592. The number of guanidine groups is 1. The zero-order valence-electron chi connectivity index (χ0n) is 13.8. The largest absolute Gasteiger partial charge is 0.383 e. The fourth-order valence-electron chi connectivity index (χ4n) is 1.75. The zero-order valence-corrected chi connectivity index (χ0v) is 13.8. The van der Waals surface area contributed by atoms with Gasteiger partial charge in [-0.1, -0.05) is 30.3 Å². The Bertz CT molecular complexity index is 474. The molecular weight excluding hydrogens is 280 g/mol. The highest BCUT2D eigenvalue weighted by atomic mass is 16.5. The van der Waals surface area contributed by atoms with E-state index < -0.39 is 0 Å². The van der Waals surface area contributed by atoms with Crippen molar-refractivity contribution >= 4 is 11.9 Å². The first-order valence-electron chi connectivity index (χ1n) is 7.30. The molecule has 6 nitrogen and oxygen atoms in total. The number of methoxy groups -OCH3 is 1. The van der Waals surface area contributed by atoms with Gasteiger partial charge in [-0.15, -0.1) is 0 Å². The maximum absolute atomic E-state index is 11.7. The van der Waals surface area contributed by atoms with Gasteiger partial charge < -0.3 is 20.3 Å². The Balaban J connectivity index is 2.65. The van der Waals surface area contributed by atoms with Crippen LogP contribution in [-0.4, -0.2) is 57.2 Å². The second-order valence-corrected chi connectivity index (χ2v) is 5.29. The van der Waals surface area contributed by atoms with Crippen LogP contribution < -0.4 is 10.6 Å². The van der Waals surface area contributed by atoms with Crippen molar-refractivity contribution in [3.8, 4) is 0 Å². The number of hydrogen-bond donors (Lipinski definition) is 2. The van der Waals surface area contributed by atoms with Crippen molar-refractivity contribution < 1.29 is 9.53 Å². The van der Waals surface area contributed by atoms with Crippen LogP contribution in [0.25, 0.3) is 0 Å². The van der Waals surface area contributed by atoms with Crippen molar-refractivity contribution in [1.82, 2.24) is 15.5 Å². The lowest BCUT2D eigenvalue weighted by Gasteiger charge is -2.18. The molecule has 0 aliphatic heterocycles. The van der Waals surface area contributed by atoms with Crippen molar-refractivity contribution in [2.45, 2.75) is 19.5 Å². The van der Waals surface area contributed by atoms with Gasteiger partial charge in [-0.05, 0) is 12.5 Å². The summed E-state index contributed by atoms with van der Waals surface area (Å²) < 4.78 is 5.11. The van der Waals surface area contributed by atoms with E-state index in [4.69, 9.17) is 4.74 Å². The number of rotatable bonds is 7. The molecule has 1 amide bonds. The van der Waals surface area contributed by atoms with Crippen LogP contribution in [0.3, 0.4) is 0 Å². The van der Waals surface area contributed by atoms with Gasteiger partial charge >= 0.3 is 0 Å². The molecule has 0 aromatic heterocycles. The highest BCUT2D eigenvalue weighted by molar-refractivity contribution is 5.86. The number of hydrogen-bond acceptors (Lipinski definition) is 3. The first-order chi connectivity index (χ1) is 10.5. The van der Waals surface area contributed by atoms with E-state index in [1.807, 2.05) is 37.3 Å². The van der Waals surface area contributed by atoms with Gasteiger partial charge in [-0.3, -0.25) is 4.79 Å². The number of nitrogens with zero attached hydrogens (tertiary/aromatic N) is 2. The number of carbonyl (C=O) groups excluding carboxylic acids is 1. The molecule has 0 aliphatic carbocycles. The monoisotopic (exact) mass is 306 g/mol. The molecule has 1 aromatic rings. The summed E-state index contributed by atoms with van der Waals surface area (Å²) >= 11 is 0. The maximum Gasteiger partial charge on any atom is 0.241 e. The SMILES string of the molecule is COCC(C)NC(=NCc1ccccc1)NCC(=O)N(C)C. The predicted octanol–water partition coefficient (Wildman–Crippen LogP) is 0.845. The summed E-state index contributed by atoms with van der Waals surface area (Å²) in [4.78, 5) is 17.7. The summed E-state index contributed by atoms with van der Waals surface area (Å²) in [6, 6.07) is 10.1. The number of ether oxygens (including phenoxy) is 1. The second-order valence-electron chi connectivity index (χ2n) is 5.29. The molecule has 122 valence electrons. The predicted molar refractivity (Wildman–Crippen MR) is 88.8 cm³/mol. The van der Waals surface area contributed by atoms with Crippen LogP contribution in [0, 0.1) is 0 Å². The van der Waals surface area contributed by atoms with E-state index in [-0.39, 0.29) is 18.5 Å². The van der Waals surface area contributed by atoms with Gasteiger partial charge in [0.25, 0.3) is 0 Å². The van der Waals surface area contributed by atoms with Crippen molar-refractivity contribution in [2.75, 3.05) is 34.4 Å². The molecule has 0 aliphatic rings. The molecule has 1 unspecified atom stereocenters. The minimum absolute atomic E-state index is 0.00592. The molecule has 1 aromatic carbocycles. The molecule has 0 fully saturated rings. The van der Waals surface area contributed by atoms with Crippen LogP contribution in [0.2, 0.25) is 0 Å². The third kappa shape index (κ3) is 7.08. The molecule has 22 heavy (non-hydrogen) atoms. The van der Waals surface area contributed by atoms with Gasteiger partial charge in [0.15, 0.2) is 5.96 Å². The highest BCUT2D eigenvalue weighted by Crippen LogP contribution is 2.00. The molecule has 0 heterocycles. The van der Waals surface area contributed by atoms with Crippen LogP contribution in [0.1, 0.15) is 12.5 Å². The van der Waals surface area contributed by atoms with E-state index in [9.17, 15) is 4.79 Å². The molecule has 0 saturated heterocycles. The number of carbonyl (C=O) groups is 1. The van der Waals surface area contributed by atoms with E-state index >= 15 is 0 Å². The van der Waals surface area contributed by atoms with Gasteiger partial charge in [-0.25, -0.2) is 4.99 Å². The van der Waals surface area contributed by atoms with E-state index in [1.165, 1.54) is 0 Å². The summed E-state index contributed by atoms with van der Waals surface area (Å²) in [5.74, 6) is 0.595. The van der Waals surface area contributed by atoms with Crippen molar-refractivity contribution in [1.29, 1.82) is 0 Å². The lowest BCUT2D eigenvalue weighted by atomic mass is 10.2. The Morgan fingerprint density at radius 3 is 2.59 bits per heavy atom. The first-order valence-corrected chi connectivity index (χ1v) is 7.30. The third-order valence-electron chi connectivity index (χ3n) is 2.97. The average molecular weight is 306 g/mol. The van der Waals surface area contributed by atoms with Gasteiger partial charge in [-0.2, -0.15) is 0 Å². The molecule has 0 radical (unpaired) electrons. The summed E-state index contributed by atoms with van der Waals surface area (Å²) in [6.45, 7) is 3.31. The van der Waals surface area contributed by atoms with Crippen molar-refractivity contribution in [3.05, 3.63) is 35.9 Å². The topological polar surface area (TPSA) is 66.0 Å². The molecular formula is C16H26N4O2. The molecule has 1 atom stereocenters. The standard InChI is InChI=1S/C16H26N4O2/c1-13(12-22-4)19-16(18-11-15(21)20(2)3)17-10-14-8-6-5-7-9-14/h5-9,13H,10-12H2,1-4H3,(H2,17,18,19). The normalized spacial score (nSPS) is 12.6. The van der Waals surface area contributed by atoms with E-state index in [1.54, 1.807) is 26.1 Å². The van der Waals surface area contributed by atoms with Crippen LogP contribution in [0.15, 0.2) is 35.3 Å². The Labute approximate surface area is 132 Å². The quantitative estimate of drug-likeness (QED) is 0.579. The summed E-state index contributed by atoms with van der Waals surface area (Å²) in [7, 11) is 5.11. The number of benzene rings is 1. The summed E-state index contributed by atoms with van der Waals surface area (Å²) in [5, 5.41) is 6.28. The Morgan fingerprint density at radius 2 is 2.00 bits per heavy atom.